The number of nitrogens with zero attached hydrogens (tertiary/aromatic N) is 3. The minimum atomic E-state index is 0.302. The molecule has 1 aromatic carbocycles. The highest BCUT2D eigenvalue weighted by Gasteiger charge is 2.24. The summed E-state index contributed by atoms with van der Waals surface area (Å²) in [6.07, 6.45) is 5.96. The van der Waals surface area contributed by atoms with Crippen molar-refractivity contribution < 1.29 is 4.74 Å². The lowest BCUT2D eigenvalue weighted by Crippen LogP contribution is -2.26. The summed E-state index contributed by atoms with van der Waals surface area (Å²) in [4.78, 5) is 0. The molecule has 0 spiro atoms. The van der Waals surface area contributed by atoms with E-state index in [0.717, 1.165) is 42.6 Å². The quantitative estimate of drug-likeness (QED) is 0.835. The summed E-state index contributed by atoms with van der Waals surface area (Å²) < 4.78 is 9.03. The first-order valence-corrected chi connectivity index (χ1v) is 8.43. The van der Waals surface area contributed by atoms with E-state index in [1.807, 2.05) is 0 Å². The average molecular weight is 348 g/mol. The smallest absolute Gasteiger partial charge is 0.116 e. The number of fused-ring (bicyclic) bond motifs is 3. The molecular weight excluding hydrogens is 330 g/mol. The van der Waals surface area contributed by atoms with E-state index in [1.165, 1.54) is 29.7 Å². The van der Waals surface area contributed by atoms with Crippen molar-refractivity contribution in [2.75, 3.05) is 6.61 Å². The second kappa shape index (κ2) is 5.54. The van der Waals surface area contributed by atoms with Crippen molar-refractivity contribution in [2.45, 2.75) is 44.8 Å². The molecule has 1 saturated heterocycles. The van der Waals surface area contributed by atoms with Crippen molar-refractivity contribution in [1.29, 1.82) is 0 Å². The molecule has 0 saturated carbocycles. The molecule has 0 radical (unpaired) electrons. The molecule has 1 aliphatic heterocycles. The normalized spacial score (nSPS) is 20.9. The van der Waals surface area contributed by atoms with Gasteiger partial charge in [0.05, 0.1) is 18.3 Å². The third kappa shape index (κ3) is 2.53. The lowest BCUT2D eigenvalue weighted by Gasteiger charge is -2.23. The Morgan fingerprint density at radius 1 is 1.29 bits per heavy atom. The molecule has 2 aromatic rings. The zero-order chi connectivity index (χ0) is 14.2. The molecule has 1 fully saturated rings. The first-order chi connectivity index (χ1) is 10.3. The van der Waals surface area contributed by atoms with Crippen LogP contribution in [0.1, 0.15) is 30.5 Å². The fraction of sp³-hybridized carbons (Fsp3) is 0.500. The molecule has 4 rings (SSSR count). The molecule has 1 atom stereocenters. The zero-order valence-corrected chi connectivity index (χ0v) is 13.5. The Hall–Kier alpha value is -1.20. The minimum Gasteiger partial charge on any atom is -0.376 e. The number of hydrogen-bond acceptors (Lipinski definition) is 3. The van der Waals surface area contributed by atoms with E-state index in [2.05, 4.69) is 49.1 Å². The standard InChI is InChI=1S/C16H18BrN3O/c17-12-5-6-14-11(9-12)4-7-15-16(14)18-19-20(15)10-13-3-1-2-8-21-13/h5-6,9,13H,1-4,7-8,10H2. The highest BCUT2D eigenvalue weighted by Crippen LogP contribution is 2.33. The molecular formula is C16H18BrN3O. The SMILES string of the molecule is Brc1ccc2c(c1)CCc1c-2nnn1CC1CCCCO1. The van der Waals surface area contributed by atoms with Gasteiger partial charge in [0.2, 0.25) is 0 Å². The van der Waals surface area contributed by atoms with Gasteiger partial charge < -0.3 is 4.74 Å². The van der Waals surface area contributed by atoms with Crippen LogP contribution in [0.3, 0.4) is 0 Å². The van der Waals surface area contributed by atoms with Crippen molar-refractivity contribution in [3.8, 4) is 11.3 Å². The van der Waals surface area contributed by atoms with E-state index < -0.39 is 0 Å². The van der Waals surface area contributed by atoms with E-state index >= 15 is 0 Å². The Bertz CT molecular complexity index is 662. The Morgan fingerprint density at radius 2 is 2.24 bits per heavy atom. The van der Waals surface area contributed by atoms with Crippen molar-refractivity contribution in [3.63, 3.8) is 0 Å². The molecule has 1 aromatic heterocycles. The van der Waals surface area contributed by atoms with Crippen molar-refractivity contribution >= 4 is 15.9 Å². The molecule has 5 heteroatoms. The molecule has 2 heterocycles. The third-order valence-corrected chi connectivity index (χ3v) is 4.93. The average Bonchev–Trinajstić information content (AvgIpc) is 2.91. The summed E-state index contributed by atoms with van der Waals surface area (Å²) in [5.74, 6) is 0. The van der Waals surface area contributed by atoms with E-state index in [1.54, 1.807) is 0 Å². The van der Waals surface area contributed by atoms with Gasteiger partial charge in [0.25, 0.3) is 0 Å². The van der Waals surface area contributed by atoms with Crippen molar-refractivity contribution in [3.05, 3.63) is 33.9 Å². The second-order valence-corrected chi connectivity index (χ2v) is 6.77. The van der Waals surface area contributed by atoms with E-state index in [9.17, 15) is 0 Å². The fourth-order valence-corrected chi connectivity index (χ4v) is 3.74. The molecule has 0 bridgehead atoms. The van der Waals surface area contributed by atoms with Crippen molar-refractivity contribution in [1.82, 2.24) is 15.0 Å². The van der Waals surface area contributed by atoms with Gasteiger partial charge in [0, 0.05) is 16.6 Å². The largest absolute Gasteiger partial charge is 0.376 e. The summed E-state index contributed by atoms with van der Waals surface area (Å²) in [7, 11) is 0. The Labute approximate surface area is 132 Å². The number of benzene rings is 1. The lowest BCUT2D eigenvalue weighted by molar-refractivity contribution is 0.00323. The number of rotatable bonds is 2. The first kappa shape index (κ1) is 13.5. The van der Waals surface area contributed by atoms with Gasteiger partial charge in [-0.2, -0.15) is 0 Å². The Kier molecular flexibility index (Phi) is 3.55. The summed E-state index contributed by atoms with van der Waals surface area (Å²) in [5.41, 5.74) is 4.91. The highest BCUT2D eigenvalue weighted by molar-refractivity contribution is 9.10. The van der Waals surface area contributed by atoms with Crippen LogP contribution in [0, 0.1) is 0 Å². The van der Waals surface area contributed by atoms with Crippen LogP contribution in [-0.2, 0) is 24.1 Å². The molecule has 0 N–H and O–H groups in total. The number of ether oxygens (including phenoxy) is 1. The molecule has 2 aliphatic rings. The van der Waals surface area contributed by atoms with Crippen LogP contribution in [0.25, 0.3) is 11.3 Å². The topological polar surface area (TPSA) is 39.9 Å². The van der Waals surface area contributed by atoms with E-state index in [0.29, 0.717) is 6.10 Å². The minimum absolute atomic E-state index is 0.302. The van der Waals surface area contributed by atoms with Crippen LogP contribution in [-0.4, -0.2) is 27.7 Å². The molecule has 1 unspecified atom stereocenters. The number of hydrogen-bond donors (Lipinski definition) is 0. The number of aryl methyl sites for hydroxylation is 1. The van der Waals surface area contributed by atoms with Gasteiger partial charge in [-0.15, -0.1) is 5.10 Å². The summed E-state index contributed by atoms with van der Waals surface area (Å²) in [6.45, 7) is 1.73. The number of halogens is 1. The summed E-state index contributed by atoms with van der Waals surface area (Å²) in [5, 5.41) is 8.82. The maximum atomic E-state index is 5.83. The van der Waals surface area contributed by atoms with Crippen LogP contribution in [0.15, 0.2) is 22.7 Å². The van der Waals surface area contributed by atoms with Gasteiger partial charge in [-0.3, -0.25) is 0 Å². The van der Waals surface area contributed by atoms with Crippen LogP contribution in [0.2, 0.25) is 0 Å². The van der Waals surface area contributed by atoms with Crippen LogP contribution >= 0.6 is 15.9 Å². The van der Waals surface area contributed by atoms with Crippen LogP contribution < -0.4 is 0 Å². The van der Waals surface area contributed by atoms with Gasteiger partial charge in [0.1, 0.15) is 5.69 Å². The summed E-state index contributed by atoms with van der Waals surface area (Å²) >= 11 is 3.54. The predicted molar refractivity (Wildman–Crippen MR) is 84.2 cm³/mol. The maximum Gasteiger partial charge on any atom is 0.116 e. The van der Waals surface area contributed by atoms with Gasteiger partial charge in [-0.05, 0) is 49.8 Å². The van der Waals surface area contributed by atoms with E-state index in [4.69, 9.17) is 4.74 Å². The molecule has 21 heavy (non-hydrogen) atoms. The van der Waals surface area contributed by atoms with Gasteiger partial charge in [-0.1, -0.05) is 27.2 Å². The Morgan fingerprint density at radius 3 is 3.10 bits per heavy atom. The predicted octanol–water partition coefficient (Wildman–Crippen LogP) is 3.38. The molecule has 1 aliphatic carbocycles. The molecule has 4 nitrogen and oxygen atoms in total. The third-order valence-electron chi connectivity index (χ3n) is 4.44. The highest BCUT2D eigenvalue weighted by atomic mass is 79.9. The monoisotopic (exact) mass is 347 g/mol. The fourth-order valence-electron chi connectivity index (χ4n) is 3.33. The number of aromatic nitrogens is 3. The Balaban J connectivity index is 1.64. The van der Waals surface area contributed by atoms with Crippen LogP contribution in [0.5, 0.6) is 0 Å². The first-order valence-electron chi connectivity index (χ1n) is 7.64. The second-order valence-electron chi connectivity index (χ2n) is 5.86. The van der Waals surface area contributed by atoms with E-state index in [-0.39, 0.29) is 0 Å². The van der Waals surface area contributed by atoms with Crippen LogP contribution in [0.4, 0.5) is 0 Å². The maximum absolute atomic E-state index is 5.83. The van der Waals surface area contributed by atoms with Crippen molar-refractivity contribution in [2.24, 2.45) is 0 Å². The zero-order valence-electron chi connectivity index (χ0n) is 11.9. The summed E-state index contributed by atoms with van der Waals surface area (Å²) in [6, 6.07) is 6.42. The molecule has 0 amide bonds. The van der Waals surface area contributed by atoms with Gasteiger partial charge >= 0.3 is 0 Å². The lowest BCUT2D eigenvalue weighted by atomic mass is 9.92. The van der Waals surface area contributed by atoms with Gasteiger partial charge in [-0.25, -0.2) is 4.68 Å². The molecule has 110 valence electrons. The van der Waals surface area contributed by atoms with Gasteiger partial charge in [0.15, 0.2) is 0 Å².